The topological polar surface area (TPSA) is 105 Å². The highest BCUT2D eigenvalue weighted by molar-refractivity contribution is 5.91. The van der Waals surface area contributed by atoms with Gasteiger partial charge in [-0.2, -0.15) is 0 Å². The zero-order valence-electron chi connectivity index (χ0n) is 29.0. The molecule has 0 aromatic heterocycles. The van der Waals surface area contributed by atoms with Gasteiger partial charge < -0.3 is 18.9 Å². The number of carbonyl (C=O) groups excluding carboxylic acids is 4. The second kappa shape index (κ2) is 15.5. The maximum atomic E-state index is 12.7. The molecule has 0 amide bonds. The Bertz CT molecular complexity index is 1930. The summed E-state index contributed by atoms with van der Waals surface area (Å²) < 4.78 is 21.6. The van der Waals surface area contributed by atoms with Crippen LogP contribution in [0.15, 0.2) is 121 Å². The van der Waals surface area contributed by atoms with Gasteiger partial charge in [-0.25, -0.2) is 19.2 Å². The smallest absolute Gasteiger partial charge is 0.336 e. The Morgan fingerprint density at radius 2 is 0.961 bits per heavy atom. The first-order valence-electron chi connectivity index (χ1n) is 16.2. The Kier molecular flexibility index (Phi) is 11.0. The first-order chi connectivity index (χ1) is 24.3. The first-order valence-corrected chi connectivity index (χ1v) is 16.2. The number of hydrogen-bond donors (Lipinski definition) is 0. The molecule has 0 spiro atoms. The average molecular weight is 683 g/mol. The highest BCUT2D eigenvalue weighted by Crippen LogP contribution is 2.50. The van der Waals surface area contributed by atoms with E-state index in [1.165, 1.54) is 12.2 Å². The molecule has 0 bridgehead atoms. The molecule has 0 atom stereocenters. The average Bonchev–Trinajstić information content (AvgIpc) is 3.33. The highest BCUT2D eigenvalue weighted by atomic mass is 16.5. The lowest BCUT2D eigenvalue weighted by molar-refractivity contribution is -0.141. The van der Waals surface area contributed by atoms with Crippen molar-refractivity contribution in [2.24, 2.45) is 0 Å². The molecule has 1 aliphatic carbocycles. The van der Waals surface area contributed by atoms with Crippen LogP contribution in [0.3, 0.4) is 0 Å². The summed E-state index contributed by atoms with van der Waals surface area (Å²) in [5.74, 6) is -1.11. The van der Waals surface area contributed by atoms with Gasteiger partial charge in [0.2, 0.25) is 0 Å². The van der Waals surface area contributed by atoms with E-state index in [0.717, 1.165) is 44.5 Å². The predicted molar refractivity (Wildman–Crippen MR) is 195 cm³/mol. The van der Waals surface area contributed by atoms with Gasteiger partial charge in [-0.3, -0.25) is 0 Å². The Hall–Kier alpha value is -6.28. The predicted octanol–water partition coefficient (Wildman–Crippen LogP) is 8.47. The van der Waals surface area contributed by atoms with E-state index in [2.05, 4.69) is 27.0 Å². The molecule has 0 unspecified atom stereocenters. The van der Waals surface area contributed by atoms with Crippen molar-refractivity contribution in [2.45, 2.75) is 46.3 Å². The van der Waals surface area contributed by atoms with E-state index in [-0.39, 0.29) is 13.2 Å². The van der Waals surface area contributed by atoms with Gasteiger partial charge in [0.25, 0.3) is 0 Å². The molecule has 0 saturated heterocycles. The summed E-state index contributed by atoms with van der Waals surface area (Å²) in [4.78, 5) is 48.6. The molecule has 1 aliphatic rings. The summed E-state index contributed by atoms with van der Waals surface area (Å²) >= 11 is 0. The molecule has 258 valence electrons. The molecule has 8 heteroatoms. The second-order valence-corrected chi connectivity index (χ2v) is 12.7. The van der Waals surface area contributed by atoms with Crippen LogP contribution in [-0.2, 0) is 47.3 Å². The van der Waals surface area contributed by atoms with Gasteiger partial charge in [-0.05, 0) is 94.8 Å². The number of hydrogen-bond acceptors (Lipinski definition) is 8. The minimum Gasteiger partial charge on any atom is -0.457 e. The molecule has 8 nitrogen and oxygen atoms in total. The Morgan fingerprint density at radius 1 is 0.588 bits per heavy atom. The fourth-order valence-corrected chi connectivity index (χ4v) is 5.45. The largest absolute Gasteiger partial charge is 0.457 e. The van der Waals surface area contributed by atoms with Crippen LogP contribution in [-0.4, -0.2) is 23.9 Å². The third-order valence-corrected chi connectivity index (χ3v) is 8.28. The lowest BCUT2D eigenvalue weighted by Gasteiger charge is -2.22. The summed E-state index contributed by atoms with van der Waals surface area (Å²) in [6.07, 6.45) is 6.02. The normalized spacial score (nSPS) is 12.5. The van der Waals surface area contributed by atoms with Gasteiger partial charge in [-0.1, -0.05) is 87.7 Å². The molecule has 51 heavy (non-hydrogen) atoms. The van der Waals surface area contributed by atoms with Crippen LogP contribution in [0, 0.1) is 0 Å². The van der Waals surface area contributed by atoms with Crippen molar-refractivity contribution in [1.82, 2.24) is 0 Å². The molecule has 0 saturated carbocycles. The van der Waals surface area contributed by atoms with Crippen LogP contribution in [0.5, 0.6) is 11.5 Å². The van der Waals surface area contributed by atoms with E-state index in [0.29, 0.717) is 22.6 Å². The van der Waals surface area contributed by atoms with Crippen molar-refractivity contribution >= 4 is 36.0 Å². The fourth-order valence-electron chi connectivity index (χ4n) is 5.45. The van der Waals surface area contributed by atoms with E-state index in [1.54, 1.807) is 38.1 Å². The van der Waals surface area contributed by atoms with Crippen molar-refractivity contribution in [1.29, 1.82) is 0 Å². The quantitative estimate of drug-likeness (QED) is 0.0833. The van der Waals surface area contributed by atoms with Crippen LogP contribution in [0.1, 0.15) is 61.1 Å². The summed E-state index contributed by atoms with van der Waals surface area (Å²) in [7, 11) is 0. The molecule has 0 fully saturated rings. The highest BCUT2D eigenvalue weighted by Gasteiger charge is 2.36. The monoisotopic (exact) mass is 682 g/mol. The standard InChI is InChI=1S/C43H38O8/c1-27(2)41(46)48-25-31-11-7-29(8-12-31)15-21-39(44)50-33-17-19-35-36-20-18-34(24-38(36)43(5,6)37(35)23-33)51-40(45)22-16-30-9-13-32(14-10-30)26-49-42(47)28(3)4/h7-24H,1,3,25-26H2,2,4-6H3. The molecule has 0 aliphatic heterocycles. The summed E-state index contributed by atoms with van der Waals surface area (Å²) in [5, 5.41) is 0. The van der Waals surface area contributed by atoms with Crippen molar-refractivity contribution in [3.05, 3.63) is 155 Å². The van der Waals surface area contributed by atoms with Crippen molar-refractivity contribution in [3.63, 3.8) is 0 Å². The molecule has 0 radical (unpaired) electrons. The molecule has 0 N–H and O–H groups in total. The molecular formula is C43H38O8. The Morgan fingerprint density at radius 3 is 1.31 bits per heavy atom. The summed E-state index contributed by atoms with van der Waals surface area (Å²) in [5.41, 5.74) is 7.40. The number of rotatable bonds is 12. The second-order valence-electron chi connectivity index (χ2n) is 12.7. The lowest BCUT2D eigenvalue weighted by atomic mass is 9.82. The lowest BCUT2D eigenvalue weighted by Crippen LogP contribution is -2.16. The van der Waals surface area contributed by atoms with E-state index in [4.69, 9.17) is 18.9 Å². The van der Waals surface area contributed by atoms with E-state index >= 15 is 0 Å². The van der Waals surface area contributed by atoms with Gasteiger partial charge in [-0.15, -0.1) is 0 Å². The first kappa shape index (κ1) is 36.0. The summed E-state index contributed by atoms with van der Waals surface area (Å²) in [6, 6.07) is 25.6. The Balaban J connectivity index is 1.18. The maximum Gasteiger partial charge on any atom is 0.336 e. The third kappa shape index (κ3) is 9.05. The van der Waals surface area contributed by atoms with Gasteiger partial charge in [0.05, 0.1) is 0 Å². The zero-order chi connectivity index (χ0) is 36.7. The zero-order valence-corrected chi connectivity index (χ0v) is 29.0. The number of esters is 4. The molecule has 4 aromatic carbocycles. The molecule has 5 rings (SSSR count). The van der Waals surface area contributed by atoms with E-state index < -0.39 is 29.3 Å². The summed E-state index contributed by atoms with van der Waals surface area (Å²) in [6.45, 7) is 14.7. The SMILES string of the molecule is C=C(C)C(=O)OCc1ccc(C=CC(=O)Oc2ccc3c(c2)C(C)(C)c2cc(OC(=O)C=Cc4ccc(COC(=O)C(=C)C)cc4)ccc2-3)cc1. The van der Waals surface area contributed by atoms with Gasteiger partial charge in [0.1, 0.15) is 24.7 Å². The minimum absolute atomic E-state index is 0.135. The van der Waals surface area contributed by atoms with Crippen LogP contribution in [0.2, 0.25) is 0 Å². The van der Waals surface area contributed by atoms with Crippen molar-refractivity contribution in [3.8, 4) is 22.6 Å². The number of ether oxygens (including phenoxy) is 4. The van der Waals surface area contributed by atoms with Crippen LogP contribution in [0.25, 0.3) is 23.3 Å². The van der Waals surface area contributed by atoms with E-state index in [9.17, 15) is 19.2 Å². The van der Waals surface area contributed by atoms with Crippen molar-refractivity contribution < 1.29 is 38.1 Å². The maximum absolute atomic E-state index is 12.7. The molecule has 4 aromatic rings. The van der Waals surface area contributed by atoms with E-state index in [1.807, 2.05) is 72.8 Å². The molecular weight excluding hydrogens is 644 g/mol. The van der Waals surface area contributed by atoms with Gasteiger partial charge >= 0.3 is 23.9 Å². The Labute approximate surface area is 297 Å². The van der Waals surface area contributed by atoms with Crippen molar-refractivity contribution in [2.75, 3.05) is 0 Å². The number of carbonyl (C=O) groups is 4. The van der Waals surface area contributed by atoms with Crippen LogP contribution >= 0.6 is 0 Å². The van der Waals surface area contributed by atoms with Gasteiger partial charge in [0.15, 0.2) is 0 Å². The minimum atomic E-state index is -0.523. The third-order valence-electron chi connectivity index (χ3n) is 8.28. The van der Waals surface area contributed by atoms with Gasteiger partial charge in [0, 0.05) is 28.7 Å². The number of benzene rings is 4. The van der Waals surface area contributed by atoms with Crippen LogP contribution in [0.4, 0.5) is 0 Å². The number of fused-ring (bicyclic) bond motifs is 3. The van der Waals surface area contributed by atoms with Crippen LogP contribution < -0.4 is 9.47 Å². The molecule has 0 heterocycles. The fraction of sp³-hybridized carbons (Fsp3) is 0.163.